The Morgan fingerprint density at radius 3 is 1.09 bits per heavy atom. The van der Waals surface area contributed by atoms with Crippen LogP contribution in [-0.2, 0) is 76.9 Å². The third-order valence-electron chi connectivity index (χ3n) is 22.4. The number of benzene rings is 6. The second-order valence-electron chi connectivity index (χ2n) is 33.5. The third kappa shape index (κ3) is 33.5. The second-order valence-corrected chi connectivity index (χ2v) is 44.3. The number of nitrogens with one attached hydrogen (secondary N) is 4. The highest BCUT2D eigenvalue weighted by Crippen LogP contribution is 2.48. The number of ether oxygens (including phenoxy) is 1. The molecule has 7 aliphatic rings. The van der Waals surface area contributed by atoms with Crippen LogP contribution in [-0.4, -0.2) is 310 Å². The van der Waals surface area contributed by atoms with E-state index in [9.17, 15) is 123 Å². The maximum Gasteiger partial charge on any atom is 0.547 e. The summed E-state index contributed by atoms with van der Waals surface area (Å²) in [7, 11) is -7.52. The molecule has 774 valence electrons. The Kier molecular flexibility index (Phi) is 47.1. The van der Waals surface area contributed by atoms with Gasteiger partial charge in [0, 0.05) is 49.3 Å². The maximum atomic E-state index is 11.9. The summed E-state index contributed by atoms with van der Waals surface area (Å²) < 4.78 is 38.7. The zero-order valence-corrected chi connectivity index (χ0v) is 89.5. The highest BCUT2D eigenvalue weighted by molar-refractivity contribution is 8.02. The molecule has 1 saturated carbocycles. The number of fused-ring (bicyclic) bond motifs is 6. The first kappa shape index (κ1) is 119. The van der Waals surface area contributed by atoms with Gasteiger partial charge in [-0.2, -0.15) is 70.6 Å². The molecule has 55 heteroatoms. The lowest BCUT2D eigenvalue weighted by molar-refractivity contribution is -0.119. The molecule has 6 atom stereocenters. The number of rotatable bonds is 37. The van der Waals surface area contributed by atoms with Crippen molar-refractivity contribution >= 4 is 254 Å². The molecular formula is C90H108B6N6O32S11. The second kappa shape index (κ2) is 57.4. The van der Waals surface area contributed by atoms with Gasteiger partial charge in [0.05, 0.1) is 69.6 Å². The summed E-state index contributed by atoms with van der Waals surface area (Å²) in [6, 6.07) is 20.8. The molecule has 16 N–H and O–H groups in total. The van der Waals surface area contributed by atoms with Crippen molar-refractivity contribution in [1.82, 2.24) is 31.5 Å². The molecule has 1 fully saturated rings. The van der Waals surface area contributed by atoms with Crippen molar-refractivity contribution in [3.8, 4) is 40.2 Å². The van der Waals surface area contributed by atoms with Gasteiger partial charge in [0.15, 0.2) is 10.1 Å². The largest absolute Gasteiger partial charge is 0.547 e. The summed E-state index contributed by atoms with van der Waals surface area (Å²) in [5, 5.41) is 138. The van der Waals surface area contributed by atoms with Crippen LogP contribution in [0.1, 0.15) is 147 Å². The molecule has 6 aliphatic heterocycles. The first-order valence-electron chi connectivity index (χ1n) is 44.6. The van der Waals surface area contributed by atoms with Gasteiger partial charge in [0.2, 0.25) is 23.6 Å². The molecule has 6 aromatic carbocycles. The van der Waals surface area contributed by atoms with Crippen LogP contribution in [0.25, 0.3) is 5.76 Å². The number of hydrogen-bond acceptors (Lipinski definition) is 40. The number of carboxylic acid groups (broad SMARTS) is 5. The normalized spacial score (nSPS) is 16.8. The van der Waals surface area contributed by atoms with Crippen LogP contribution in [0.4, 0.5) is 0 Å². The van der Waals surface area contributed by atoms with Crippen molar-refractivity contribution in [2.75, 3.05) is 90.7 Å². The van der Waals surface area contributed by atoms with Crippen molar-refractivity contribution in [3.63, 3.8) is 0 Å². The lowest BCUT2D eigenvalue weighted by Gasteiger charge is -2.30. The van der Waals surface area contributed by atoms with Crippen molar-refractivity contribution < 1.29 is 156 Å². The molecule has 38 nitrogen and oxygen atoms in total. The Morgan fingerprint density at radius 1 is 0.400 bits per heavy atom. The number of aliphatic hydroxyl groups is 1. The lowest BCUT2D eigenvalue weighted by Crippen LogP contribution is -2.53. The minimum absolute atomic E-state index is 0.00158. The quantitative estimate of drug-likeness (QED) is 0.00979. The topological polar surface area (TPSA) is 603 Å². The Morgan fingerprint density at radius 2 is 0.738 bits per heavy atom. The number of ketones is 4. The van der Waals surface area contributed by atoms with Gasteiger partial charge in [0.1, 0.15) is 103 Å². The van der Waals surface area contributed by atoms with E-state index < -0.39 is 96.3 Å². The summed E-state index contributed by atoms with van der Waals surface area (Å²) in [6.07, 6.45) is 18.7. The minimum atomic E-state index is -1.39. The SMILES string of the molecule is C=C(O)c1c(SC)ccc2c1OB(O)[C@@H](NC(=O)CSC)C2.CSCC(=O)C[C@H]1Cc2ccc(SC3CCC3)c(C(=O)O)c2OB1O.CSCC(=O)C[C@H]1Cc2ccc(Sc3nnc(C)s3)c(C(=O)O)c2OB1O.CSCC(=O)N[C@H]1Cc2ccc(C)c(C(=O)O)c2OB1O.CSCC(=O)N[C@H]1Cc2ccc(OCC(C)=O)c(C(=O)O)c2OB1O.CSCC(=O)N[C@H]1Cc2ccc(SCC(C)=O)c(C(=O)O)c2OB1O. The fraction of sp³-hybridized carbons (Fsp3) is 0.411. The summed E-state index contributed by atoms with van der Waals surface area (Å²) in [6.45, 7) is 9.54. The number of carbonyl (C=O) groups excluding carboxylic acids is 8. The number of aryl methyl sites for hydroxylation is 2. The van der Waals surface area contributed by atoms with Crippen LogP contribution in [0.3, 0.4) is 0 Å². The number of aromatic carboxylic acids is 5. The lowest BCUT2D eigenvalue weighted by atomic mass is 9.64. The van der Waals surface area contributed by atoms with Gasteiger partial charge in [0.25, 0.3) is 0 Å². The number of nitrogens with zero attached hydrogens (tertiary/aromatic N) is 2. The number of Topliss-reactive ketones (excluding diaryl/α,β-unsaturated/α-hetero) is 4. The van der Waals surface area contributed by atoms with E-state index in [1.165, 1.54) is 132 Å². The van der Waals surface area contributed by atoms with Crippen LogP contribution in [0.5, 0.6) is 40.2 Å². The Balaban J connectivity index is 0.000000194. The predicted octanol–water partition coefficient (Wildman–Crippen LogP) is 9.20. The number of carbonyl (C=O) groups is 13. The van der Waals surface area contributed by atoms with E-state index in [2.05, 4.69) is 38.0 Å². The van der Waals surface area contributed by atoms with Gasteiger partial charge in [-0.25, -0.2) is 24.0 Å². The number of thioether (sulfide) groups is 9. The van der Waals surface area contributed by atoms with Crippen LogP contribution >= 0.6 is 129 Å². The molecule has 1 aliphatic carbocycles. The molecule has 145 heavy (non-hydrogen) atoms. The molecule has 0 saturated heterocycles. The average molecular weight is 2200 g/mol. The van der Waals surface area contributed by atoms with E-state index in [0.29, 0.717) is 112 Å². The molecular weight excluding hydrogens is 2090 g/mol. The number of aromatic nitrogens is 2. The molecule has 7 heterocycles. The molecule has 4 amide bonds. The van der Waals surface area contributed by atoms with E-state index in [4.69, 9.17) is 32.7 Å². The smallest absolute Gasteiger partial charge is 0.535 e. The van der Waals surface area contributed by atoms with E-state index in [1.54, 1.807) is 73.7 Å². The number of amides is 4. The number of hydrogen-bond donors (Lipinski definition) is 16. The van der Waals surface area contributed by atoms with Crippen molar-refractivity contribution in [3.05, 3.63) is 157 Å². The van der Waals surface area contributed by atoms with E-state index in [-0.39, 0.29) is 176 Å². The Bertz CT molecular complexity index is 5810. The average Bonchev–Trinajstić information content (AvgIpc) is 1.48. The van der Waals surface area contributed by atoms with E-state index in [0.717, 1.165) is 45.6 Å². The molecule has 0 radical (unpaired) electrons. The summed E-state index contributed by atoms with van der Waals surface area (Å²) >= 11 is 15.1. The van der Waals surface area contributed by atoms with Crippen LogP contribution in [0, 0.1) is 13.8 Å². The molecule has 0 unspecified atom stereocenters. The first-order valence-corrected chi connectivity index (χ1v) is 57.7. The minimum Gasteiger partial charge on any atom is -0.535 e. The zero-order valence-electron chi connectivity index (χ0n) is 80.5. The van der Waals surface area contributed by atoms with Gasteiger partial charge in [-0.15, -0.1) is 45.5 Å². The molecule has 0 bridgehead atoms. The molecule has 7 aromatic rings. The van der Waals surface area contributed by atoms with Gasteiger partial charge < -0.3 is 115 Å². The number of aliphatic hydroxyl groups excluding tert-OH is 1. The third-order valence-corrected chi connectivity index (χ3v) is 31.1. The molecule has 1 aromatic heterocycles. The van der Waals surface area contributed by atoms with Gasteiger partial charge in [-0.3, -0.25) is 38.4 Å². The summed E-state index contributed by atoms with van der Waals surface area (Å²) in [5.74, 6) is -6.87. The van der Waals surface area contributed by atoms with Crippen molar-refractivity contribution in [2.45, 2.75) is 163 Å². The Labute approximate surface area is 884 Å². The first-order chi connectivity index (χ1) is 68.9. The van der Waals surface area contributed by atoms with Crippen molar-refractivity contribution in [1.29, 1.82) is 0 Å². The van der Waals surface area contributed by atoms with Crippen LogP contribution < -0.4 is 53.9 Å². The molecule has 0 spiro atoms. The fourth-order valence-electron chi connectivity index (χ4n) is 15.7. The monoisotopic (exact) mass is 2200 g/mol. The van der Waals surface area contributed by atoms with Gasteiger partial charge in [-0.1, -0.05) is 78.6 Å². The maximum absolute atomic E-state index is 11.9. The summed E-state index contributed by atoms with van der Waals surface area (Å²) in [4.78, 5) is 153. The fourth-order valence-corrected chi connectivity index (χ4v) is 22.7. The number of carboxylic acids is 5. The van der Waals surface area contributed by atoms with E-state index >= 15 is 0 Å². The highest BCUT2D eigenvalue weighted by Gasteiger charge is 2.46. The predicted molar refractivity (Wildman–Crippen MR) is 570 cm³/mol. The van der Waals surface area contributed by atoms with Crippen LogP contribution in [0.2, 0.25) is 11.6 Å². The van der Waals surface area contributed by atoms with Crippen molar-refractivity contribution in [2.24, 2.45) is 0 Å². The highest BCUT2D eigenvalue weighted by atomic mass is 32.2. The van der Waals surface area contributed by atoms with Gasteiger partial charge in [-0.05, 0) is 192 Å². The Hall–Kier alpha value is -9.42. The summed E-state index contributed by atoms with van der Waals surface area (Å²) in [5.41, 5.74) is 4.96. The standard InChI is InChI=1S/C17H21BO5S2.C16H17BN2O5S3.C15H18BNO7S.C15H18BNO6S2.C14H18BNO4S2.C13H16BNO5S/c1-24-9-12(19)8-11-7-10-5-6-14(25-13-3-2-4-13)15(17(20)21)16(10)23-18(11)22;1-8-18-19-16(26-8)27-12-4-3-9-5-10(6-11(20)7-25-2)17(23)24-14(9)13(12)15(21)22;1-8(18)6-23-10-4-3-9-5-11(17-12(19)7-25-2)16(22)24-14(9)13(10)15(20)21;1-8(18)6-25-10-4-3-9-5-11(17-12(19)7-24-2)16(22)23-14(9)13(10)15(20)21;1-8(17)13-10(22-3)5-4-9-6-11(15(19)20-14(9)13)16-12(18)7-21-2;1-7-3-4-8-5-9(15-10(16)6-21-2)14(19)20-12(8)11(7)13(17)18/h5-6,11,13,22H,2-4,7-9H2,1H3,(H,20,21);3-4,10,23H,5-7H2,1-2H3,(H,21,22);2*3-4,11,22H,5-7H2,1-2H3,(H,17,19)(H,20,21);4-5,11,17,19H,1,6-7H2,2-3H3,(H,16,18);3-4,9,19H,5-6H2,1-2H3,(H,15,16)(H,17,18)/t11-;10-;3*11-;9-/m110000/s1. The van der Waals surface area contributed by atoms with Crippen LogP contribution in [0.15, 0.2) is 103 Å². The molecule has 14 rings (SSSR count). The zero-order chi connectivity index (χ0) is 106. The van der Waals surface area contributed by atoms with E-state index in [1.807, 2.05) is 62.5 Å². The van der Waals surface area contributed by atoms with Gasteiger partial charge >= 0.3 is 72.6 Å².